The van der Waals surface area contributed by atoms with Gasteiger partial charge in [0.05, 0.1) is 0 Å². The van der Waals surface area contributed by atoms with Crippen molar-refractivity contribution in [1.29, 1.82) is 0 Å². The van der Waals surface area contributed by atoms with Crippen molar-refractivity contribution in [1.82, 2.24) is 0 Å². The molecule has 0 aromatic heterocycles. The fraction of sp³-hybridized carbons (Fsp3) is 1.00. The van der Waals surface area contributed by atoms with Crippen molar-refractivity contribution < 1.29 is 46.4 Å². The summed E-state index contributed by atoms with van der Waals surface area (Å²) in [5.41, 5.74) is -5.53. The molecular formula is CH4F3LiO3PbS. The van der Waals surface area contributed by atoms with E-state index < -0.39 is 15.6 Å². The topological polar surface area (TPSA) is 54.4 Å². The zero-order chi connectivity index (χ0) is 7.00. The predicted molar refractivity (Wildman–Crippen MR) is 27.3 cm³/mol. The van der Waals surface area contributed by atoms with E-state index in [9.17, 15) is 13.2 Å². The first-order chi connectivity index (χ1) is 3.25. The van der Waals surface area contributed by atoms with Gasteiger partial charge in [-0.15, -0.1) is 0 Å². The van der Waals surface area contributed by atoms with E-state index in [1.807, 2.05) is 0 Å². The molecule has 1 N–H and O–H groups in total. The van der Waals surface area contributed by atoms with Crippen LogP contribution < -0.4 is 18.9 Å². The first-order valence-corrected chi connectivity index (χ1v) is 2.73. The summed E-state index contributed by atoms with van der Waals surface area (Å²) in [6.45, 7) is 0. The summed E-state index contributed by atoms with van der Waals surface area (Å²) >= 11 is 0. The molecule has 0 aromatic rings. The van der Waals surface area contributed by atoms with Crippen LogP contribution in [0.1, 0.15) is 1.43 Å². The molecule has 0 unspecified atom stereocenters. The van der Waals surface area contributed by atoms with Crippen LogP contribution in [0.15, 0.2) is 0 Å². The summed E-state index contributed by atoms with van der Waals surface area (Å²) < 4.78 is 57.5. The Labute approximate surface area is 88.9 Å². The average molecular weight is 367 g/mol. The third kappa shape index (κ3) is 5.96. The summed E-state index contributed by atoms with van der Waals surface area (Å²) in [5, 5.41) is 0. The van der Waals surface area contributed by atoms with E-state index in [0.29, 0.717) is 0 Å². The zero-order valence-corrected chi connectivity index (χ0v) is 11.3. The third-order valence-electron chi connectivity index (χ3n) is 0.292. The van der Waals surface area contributed by atoms with Crippen LogP contribution in [0.4, 0.5) is 13.2 Å². The first kappa shape index (κ1) is 17.3. The van der Waals surface area contributed by atoms with Crippen LogP contribution in [0.25, 0.3) is 0 Å². The van der Waals surface area contributed by atoms with Crippen molar-refractivity contribution in [3.8, 4) is 0 Å². The van der Waals surface area contributed by atoms with Crippen molar-refractivity contribution in [2.75, 3.05) is 0 Å². The minimum atomic E-state index is -5.84. The van der Waals surface area contributed by atoms with Gasteiger partial charge in [-0.1, -0.05) is 0 Å². The maximum atomic E-state index is 10.7. The van der Waals surface area contributed by atoms with Crippen LogP contribution >= 0.6 is 0 Å². The van der Waals surface area contributed by atoms with Crippen LogP contribution in [-0.2, 0) is 10.1 Å². The molecule has 2 radical (unpaired) electrons. The Morgan fingerprint density at radius 2 is 1.40 bits per heavy atom. The number of halogens is 3. The maximum absolute atomic E-state index is 10.7. The molecule has 9 heteroatoms. The summed E-state index contributed by atoms with van der Waals surface area (Å²) in [6.07, 6.45) is 0. The van der Waals surface area contributed by atoms with Gasteiger partial charge in [-0.25, -0.2) is 0 Å². The Hall–Kier alpha value is 1.22. The van der Waals surface area contributed by atoms with Crippen LogP contribution in [0.5, 0.6) is 0 Å². The quantitative estimate of drug-likeness (QED) is 0.276. The van der Waals surface area contributed by atoms with Gasteiger partial charge in [0.25, 0.3) is 0 Å². The molecule has 0 aliphatic heterocycles. The van der Waals surface area contributed by atoms with Gasteiger partial charge in [0.1, 0.15) is 0 Å². The van der Waals surface area contributed by atoms with E-state index in [0.717, 1.165) is 0 Å². The fourth-order valence-electron chi connectivity index (χ4n) is 0. The van der Waals surface area contributed by atoms with Crippen molar-refractivity contribution >= 4 is 37.4 Å². The van der Waals surface area contributed by atoms with Gasteiger partial charge in [-0.05, 0) is 0 Å². The van der Waals surface area contributed by atoms with Gasteiger partial charge >= 0.3 is 61.8 Å². The first-order valence-electron chi connectivity index (χ1n) is 1.29. The molecule has 0 saturated carbocycles. The molecule has 10 heavy (non-hydrogen) atoms. The minimum absolute atomic E-state index is 0. The van der Waals surface area contributed by atoms with Crippen LogP contribution in [0, 0.1) is 0 Å². The van der Waals surface area contributed by atoms with Crippen molar-refractivity contribution in [3.63, 3.8) is 0 Å². The molecule has 0 bridgehead atoms. The second kappa shape index (κ2) is 4.97. The van der Waals surface area contributed by atoms with E-state index in [1.165, 1.54) is 0 Å². The van der Waals surface area contributed by atoms with Crippen LogP contribution in [0.3, 0.4) is 0 Å². The standard InChI is InChI=1S/CHF3O3S.Li.Pb.3H/c2-1(3,4)8(5,6)7;;;;;/h(H,5,6,7);;;;;/q;+1;;;;-1. The molecule has 0 fully saturated rings. The Bertz CT molecular complexity index is 178. The van der Waals surface area contributed by atoms with Crippen LogP contribution in [-0.4, -0.2) is 45.8 Å². The molecule has 0 rings (SSSR count). The molecule has 0 atom stereocenters. The molecule has 0 saturated heterocycles. The Morgan fingerprint density at radius 1 is 1.30 bits per heavy atom. The van der Waals surface area contributed by atoms with Crippen molar-refractivity contribution in [2.24, 2.45) is 0 Å². The van der Waals surface area contributed by atoms with Gasteiger partial charge in [-0.3, -0.25) is 4.55 Å². The zero-order valence-electron chi connectivity index (χ0n) is 6.01. The van der Waals surface area contributed by atoms with Gasteiger partial charge < -0.3 is 1.43 Å². The van der Waals surface area contributed by atoms with E-state index in [-0.39, 0.29) is 47.6 Å². The second-order valence-electron chi connectivity index (χ2n) is 0.921. The molecular weight excluding hydrogens is 363 g/mol. The Kier molecular flexibility index (Phi) is 8.62. The number of rotatable bonds is 0. The normalized spacial score (nSPS) is 11.2. The van der Waals surface area contributed by atoms with E-state index in [1.54, 1.807) is 0 Å². The Balaban J connectivity index is -0.0000000817. The molecule has 0 aliphatic carbocycles. The van der Waals surface area contributed by atoms with Crippen molar-refractivity contribution in [2.45, 2.75) is 5.51 Å². The molecule has 3 nitrogen and oxygen atoms in total. The average Bonchev–Trinajstić information content (AvgIpc) is 1.25. The summed E-state index contributed by atoms with van der Waals surface area (Å²) in [4.78, 5) is 0. The predicted octanol–water partition coefficient (Wildman–Crippen LogP) is -3.41. The fourth-order valence-corrected chi connectivity index (χ4v) is 0. The van der Waals surface area contributed by atoms with Crippen molar-refractivity contribution in [3.05, 3.63) is 0 Å². The van der Waals surface area contributed by atoms with Crippen LogP contribution in [0.2, 0.25) is 0 Å². The van der Waals surface area contributed by atoms with E-state index in [2.05, 4.69) is 0 Å². The van der Waals surface area contributed by atoms with Gasteiger partial charge in [0, 0.05) is 0 Å². The second-order valence-corrected chi connectivity index (χ2v) is 2.33. The summed E-state index contributed by atoms with van der Waals surface area (Å²) in [7, 11) is -5.84. The van der Waals surface area contributed by atoms with Gasteiger partial charge in [-0.2, -0.15) is 21.6 Å². The molecule has 0 heterocycles. The molecule has 0 aliphatic rings. The Morgan fingerprint density at radius 3 is 1.40 bits per heavy atom. The SMILES string of the molecule is O=S(=O)(O)C(F)(F)F.[H-].[Li+].[PbH2]. The van der Waals surface area contributed by atoms with Gasteiger partial charge in [0.2, 0.25) is 0 Å². The number of alkyl halides is 3. The molecule has 0 amide bonds. The third-order valence-corrected chi connectivity index (χ3v) is 0.877. The number of hydrogen-bond donors (Lipinski definition) is 1. The van der Waals surface area contributed by atoms with E-state index >= 15 is 0 Å². The summed E-state index contributed by atoms with van der Waals surface area (Å²) in [5.74, 6) is 0. The monoisotopic (exact) mass is 368 g/mol. The molecule has 0 aromatic carbocycles. The van der Waals surface area contributed by atoms with E-state index in [4.69, 9.17) is 13.0 Å². The molecule has 0 spiro atoms. The summed E-state index contributed by atoms with van der Waals surface area (Å²) in [6, 6.07) is 0. The molecule has 58 valence electrons. The van der Waals surface area contributed by atoms with Gasteiger partial charge in [0.15, 0.2) is 0 Å². The number of hydrogen-bond acceptors (Lipinski definition) is 2.